The van der Waals surface area contributed by atoms with Gasteiger partial charge in [-0.15, -0.1) is 0 Å². The fourth-order valence-electron chi connectivity index (χ4n) is 3.08. The Morgan fingerprint density at radius 3 is 1.73 bits per heavy atom. The predicted octanol–water partition coefficient (Wildman–Crippen LogP) is 4.58. The van der Waals surface area contributed by atoms with Gasteiger partial charge >= 0.3 is 0 Å². The van der Waals surface area contributed by atoms with Crippen molar-refractivity contribution in [3.63, 3.8) is 0 Å². The summed E-state index contributed by atoms with van der Waals surface area (Å²) in [6.45, 7) is 1.85. The molecular weight excluding hydrogens is 326 g/mol. The second-order valence-electron chi connectivity index (χ2n) is 6.15. The van der Waals surface area contributed by atoms with E-state index in [0.717, 1.165) is 11.4 Å². The second kappa shape index (κ2) is 6.92. The quantitative estimate of drug-likeness (QED) is 0.697. The van der Waals surface area contributed by atoms with Crippen LogP contribution in [0.4, 0.5) is 11.4 Å². The summed E-state index contributed by atoms with van der Waals surface area (Å²) in [4.78, 5) is 15.1. The lowest BCUT2D eigenvalue weighted by Gasteiger charge is -2.34. The first-order valence-electron chi connectivity index (χ1n) is 8.60. The molecule has 4 nitrogen and oxygen atoms in total. The van der Waals surface area contributed by atoms with Crippen molar-refractivity contribution in [2.24, 2.45) is 0 Å². The van der Waals surface area contributed by atoms with E-state index in [1.807, 2.05) is 91.9 Å². The van der Waals surface area contributed by atoms with Crippen molar-refractivity contribution in [2.45, 2.75) is 19.1 Å². The van der Waals surface area contributed by atoms with Crippen molar-refractivity contribution in [2.75, 3.05) is 4.90 Å². The number of rotatable bonds is 3. The zero-order valence-electron chi connectivity index (χ0n) is 14.4. The molecule has 4 rings (SSSR count). The summed E-state index contributed by atoms with van der Waals surface area (Å²) in [5.41, 5.74) is 1.58. The van der Waals surface area contributed by atoms with Crippen molar-refractivity contribution in [3.8, 4) is 11.5 Å². The van der Waals surface area contributed by atoms with Crippen molar-refractivity contribution in [1.29, 1.82) is 0 Å². The number of carbonyl (C=O) groups is 1. The molecule has 0 spiro atoms. The van der Waals surface area contributed by atoms with Crippen LogP contribution in [-0.2, 0) is 4.79 Å². The molecule has 0 bridgehead atoms. The average molecular weight is 345 g/mol. The van der Waals surface area contributed by atoms with Gasteiger partial charge in [0.2, 0.25) is 6.10 Å². The Labute approximate surface area is 152 Å². The Morgan fingerprint density at radius 1 is 0.731 bits per heavy atom. The molecule has 3 aromatic rings. The van der Waals surface area contributed by atoms with E-state index < -0.39 is 12.2 Å². The van der Waals surface area contributed by atoms with Gasteiger partial charge < -0.3 is 9.47 Å². The van der Waals surface area contributed by atoms with Gasteiger partial charge in [0.05, 0.1) is 0 Å². The van der Waals surface area contributed by atoms with Gasteiger partial charge in [0.1, 0.15) is 6.10 Å². The van der Waals surface area contributed by atoms with E-state index in [0.29, 0.717) is 11.5 Å². The zero-order valence-corrected chi connectivity index (χ0v) is 14.4. The van der Waals surface area contributed by atoms with Crippen molar-refractivity contribution in [1.82, 2.24) is 0 Å². The van der Waals surface area contributed by atoms with Crippen LogP contribution < -0.4 is 14.4 Å². The van der Waals surface area contributed by atoms with Crippen molar-refractivity contribution >= 4 is 17.3 Å². The van der Waals surface area contributed by atoms with E-state index in [-0.39, 0.29) is 5.91 Å². The lowest BCUT2D eigenvalue weighted by Crippen LogP contribution is -2.49. The lowest BCUT2D eigenvalue weighted by atomic mass is 10.1. The molecule has 0 saturated heterocycles. The number of anilines is 2. The summed E-state index contributed by atoms with van der Waals surface area (Å²) in [7, 11) is 0. The first kappa shape index (κ1) is 16.2. The summed E-state index contributed by atoms with van der Waals surface area (Å²) in [6.07, 6.45) is -1.13. The molecule has 1 amide bonds. The van der Waals surface area contributed by atoms with Gasteiger partial charge in [0.15, 0.2) is 11.5 Å². The fraction of sp³-hybridized carbons (Fsp3) is 0.136. The number of amides is 1. The van der Waals surface area contributed by atoms with Crippen LogP contribution in [0, 0.1) is 0 Å². The number of fused-ring (bicyclic) bond motifs is 1. The highest BCUT2D eigenvalue weighted by Gasteiger charge is 2.37. The molecule has 26 heavy (non-hydrogen) atoms. The van der Waals surface area contributed by atoms with Gasteiger partial charge in [-0.1, -0.05) is 48.5 Å². The molecule has 2 atom stereocenters. The van der Waals surface area contributed by atoms with E-state index in [4.69, 9.17) is 9.47 Å². The lowest BCUT2D eigenvalue weighted by molar-refractivity contribution is -0.129. The minimum Gasteiger partial charge on any atom is -0.482 e. The minimum atomic E-state index is -0.731. The molecule has 1 aliphatic rings. The molecule has 0 saturated carbocycles. The Balaban J connectivity index is 1.71. The summed E-state index contributed by atoms with van der Waals surface area (Å²) < 4.78 is 11.9. The summed E-state index contributed by atoms with van der Waals surface area (Å²) in [5.74, 6) is 1.09. The molecule has 0 aliphatic carbocycles. The largest absolute Gasteiger partial charge is 0.482 e. The SMILES string of the molecule is C[C@H]1Oc2ccccc2O[C@H]1C(=O)N(c1ccccc1)c1ccccc1. The number of hydrogen-bond donors (Lipinski definition) is 0. The first-order valence-corrected chi connectivity index (χ1v) is 8.60. The average Bonchev–Trinajstić information content (AvgIpc) is 2.69. The van der Waals surface area contributed by atoms with E-state index >= 15 is 0 Å². The summed E-state index contributed by atoms with van der Waals surface area (Å²) in [6, 6.07) is 26.6. The molecule has 0 unspecified atom stereocenters. The molecule has 0 fully saturated rings. The number of benzene rings is 3. The van der Waals surface area contributed by atoms with Crippen LogP contribution in [0.2, 0.25) is 0 Å². The Kier molecular flexibility index (Phi) is 4.32. The zero-order chi connectivity index (χ0) is 17.9. The Hall–Kier alpha value is -3.27. The molecular formula is C22H19NO3. The standard InChI is InChI=1S/C22H19NO3/c1-16-21(26-20-15-9-8-14-19(20)25-16)22(24)23(17-10-4-2-5-11-17)18-12-6-3-7-13-18/h2-16,21H,1H3/t16-,21-/m1/s1. The van der Waals surface area contributed by atoms with Crippen molar-refractivity contribution < 1.29 is 14.3 Å². The van der Waals surface area contributed by atoms with Gasteiger partial charge in [-0.3, -0.25) is 9.69 Å². The van der Waals surface area contributed by atoms with Crippen LogP contribution in [0.15, 0.2) is 84.9 Å². The third kappa shape index (κ3) is 3.02. The van der Waals surface area contributed by atoms with Gasteiger partial charge in [-0.2, -0.15) is 0 Å². The van der Waals surface area contributed by atoms with Crippen LogP contribution in [0.25, 0.3) is 0 Å². The van der Waals surface area contributed by atoms with Gasteiger partial charge in [-0.25, -0.2) is 0 Å². The molecule has 1 heterocycles. The molecule has 130 valence electrons. The highest BCUT2D eigenvalue weighted by Crippen LogP contribution is 2.35. The van der Waals surface area contributed by atoms with E-state index in [1.165, 1.54) is 0 Å². The molecule has 1 aliphatic heterocycles. The number of para-hydroxylation sites is 4. The van der Waals surface area contributed by atoms with Crippen LogP contribution in [0.3, 0.4) is 0 Å². The van der Waals surface area contributed by atoms with Crippen LogP contribution in [0.5, 0.6) is 11.5 Å². The van der Waals surface area contributed by atoms with Crippen LogP contribution in [-0.4, -0.2) is 18.1 Å². The maximum absolute atomic E-state index is 13.4. The monoisotopic (exact) mass is 345 g/mol. The normalized spacial score (nSPS) is 18.2. The predicted molar refractivity (Wildman–Crippen MR) is 101 cm³/mol. The topological polar surface area (TPSA) is 38.8 Å². The number of hydrogen-bond acceptors (Lipinski definition) is 3. The fourth-order valence-corrected chi connectivity index (χ4v) is 3.08. The Bertz CT molecular complexity index is 856. The maximum Gasteiger partial charge on any atom is 0.276 e. The Morgan fingerprint density at radius 2 is 1.19 bits per heavy atom. The number of nitrogens with zero attached hydrogens (tertiary/aromatic N) is 1. The number of carbonyl (C=O) groups excluding carboxylic acids is 1. The first-order chi connectivity index (χ1) is 12.7. The third-order valence-electron chi connectivity index (χ3n) is 4.33. The summed E-state index contributed by atoms with van der Waals surface area (Å²) in [5, 5.41) is 0. The minimum absolute atomic E-state index is 0.163. The van der Waals surface area contributed by atoms with Crippen molar-refractivity contribution in [3.05, 3.63) is 84.9 Å². The number of ether oxygens (including phenoxy) is 2. The van der Waals surface area contributed by atoms with E-state index in [9.17, 15) is 4.79 Å². The maximum atomic E-state index is 13.4. The third-order valence-corrected chi connectivity index (χ3v) is 4.33. The highest BCUT2D eigenvalue weighted by atomic mass is 16.6. The van der Waals surface area contributed by atoms with E-state index in [2.05, 4.69) is 0 Å². The molecule has 0 N–H and O–H groups in total. The van der Waals surface area contributed by atoms with Crippen LogP contribution >= 0.6 is 0 Å². The van der Waals surface area contributed by atoms with Gasteiger partial charge in [0.25, 0.3) is 5.91 Å². The molecule has 3 aromatic carbocycles. The van der Waals surface area contributed by atoms with Gasteiger partial charge in [0, 0.05) is 11.4 Å². The molecule has 0 aromatic heterocycles. The highest BCUT2D eigenvalue weighted by molar-refractivity contribution is 6.03. The van der Waals surface area contributed by atoms with Gasteiger partial charge in [-0.05, 0) is 43.3 Å². The van der Waals surface area contributed by atoms with E-state index in [1.54, 1.807) is 4.90 Å². The molecule has 0 radical (unpaired) electrons. The summed E-state index contributed by atoms with van der Waals surface area (Å²) >= 11 is 0. The smallest absolute Gasteiger partial charge is 0.276 e. The molecule has 4 heteroatoms. The van der Waals surface area contributed by atoms with Crippen LogP contribution in [0.1, 0.15) is 6.92 Å². The second-order valence-corrected chi connectivity index (χ2v) is 6.15.